The Bertz CT molecular complexity index is 1220. The van der Waals surface area contributed by atoms with Crippen LogP contribution in [0.3, 0.4) is 0 Å². The van der Waals surface area contributed by atoms with Crippen LogP contribution in [-0.4, -0.2) is 25.7 Å². The molecule has 1 aliphatic rings. The van der Waals surface area contributed by atoms with Gasteiger partial charge in [0.1, 0.15) is 15.9 Å². The normalized spacial score (nSPS) is 17.4. The van der Waals surface area contributed by atoms with Crippen molar-refractivity contribution in [2.45, 2.75) is 79.7 Å². The fourth-order valence-corrected chi connectivity index (χ4v) is 6.79. The summed E-state index contributed by atoms with van der Waals surface area (Å²) in [4.78, 5) is 33.3. The second-order valence-electron chi connectivity index (χ2n) is 10.5. The Morgan fingerprint density at radius 1 is 1.27 bits per heavy atom. The molecule has 4 rings (SSSR count). The van der Waals surface area contributed by atoms with Gasteiger partial charge in [-0.2, -0.15) is 0 Å². The SMILES string of the molecule is CCC(C(=O)Nc1nnc(CC(C)C)s1)n1cnc2sc3c(c2c1=O)CCC(C(C)(C)C)C3. The van der Waals surface area contributed by atoms with Gasteiger partial charge in [-0.3, -0.25) is 19.5 Å². The molecule has 0 saturated carbocycles. The molecule has 0 fully saturated rings. The fraction of sp³-hybridized carbons (Fsp3) is 0.625. The van der Waals surface area contributed by atoms with Gasteiger partial charge in [-0.15, -0.1) is 21.5 Å². The first-order valence-electron chi connectivity index (χ1n) is 11.7. The topological polar surface area (TPSA) is 89.8 Å². The highest BCUT2D eigenvalue weighted by Crippen LogP contribution is 2.42. The number of aromatic nitrogens is 4. The molecule has 0 saturated heterocycles. The highest BCUT2D eigenvalue weighted by atomic mass is 32.1. The van der Waals surface area contributed by atoms with Crippen LogP contribution < -0.4 is 10.9 Å². The fourth-order valence-electron chi connectivity index (χ4n) is 4.57. The summed E-state index contributed by atoms with van der Waals surface area (Å²) in [5, 5.41) is 13.2. The van der Waals surface area contributed by atoms with Gasteiger partial charge in [-0.05, 0) is 48.5 Å². The Kier molecular flexibility index (Phi) is 6.73. The molecular formula is C24H33N5O2S2. The third-order valence-electron chi connectivity index (χ3n) is 6.52. The lowest BCUT2D eigenvalue weighted by atomic mass is 9.72. The van der Waals surface area contributed by atoms with E-state index in [2.05, 4.69) is 55.1 Å². The van der Waals surface area contributed by atoms with E-state index in [0.717, 1.165) is 41.1 Å². The molecule has 0 radical (unpaired) electrons. The maximum Gasteiger partial charge on any atom is 0.263 e. The lowest BCUT2D eigenvalue weighted by Gasteiger charge is -2.33. The standard InChI is InChI=1S/C24H33N5O2S2/c1-7-16(20(30)26-23-28-27-18(33-23)10-13(2)3)29-12-25-21-19(22(29)31)15-9-8-14(24(4,5)6)11-17(15)32-21/h12-14,16H,7-11H2,1-6H3,(H,26,28,30). The van der Waals surface area contributed by atoms with E-state index in [0.29, 0.717) is 28.8 Å². The minimum Gasteiger partial charge on any atom is -0.299 e. The molecule has 1 aliphatic carbocycles. The first-order chi connectivity index (χ1) is 15.6. The van der Waals surface area contributed by atoms with Crippen molar-refractivity contribution in [1.29, 1.82) is 0 Å². The van der Waals surface area contributed by atoms with Crippen LogP contribution in [0.2, 0.25) is 0 Å². The molecule has 0 bridgehead atoms. The number of thiophene rings is 1. The molecule has 33 heavy (non-hydrogen) atoms. The number of anilines is 1. The van der Waals surface area contributed by atoms with E-state index in [9.17, 15) is 9.59 Å². The van der Waals surface area contributed by atoms with Gasteiger partial charge in [0.15, 0.2) is 0 Å². The van der Waals surface area contributed by atoms with Gasteiger partial charge in [-0.25, -0.2) is 4.98 Å². The minimum absolute atomic E-state index is 0.119. The smallest absolute Gasteiger partial charge is 0.263 e. The van der Waals surface area contributed by atoms with Crippen LogP contribution in [0.15, 0.2) is 11.1 Å². The Balaban J connectivity index is 1.62. The molecule has 9 heteroatoms. The van der Waals surface area contributed by atoms with E-state index in [-0.39, 0.29) is 16.9 Å². The van der Waals surface area contributed by atoms with Crippen LogP contribution in [0.5, 0.6) is 0 Å². The molecule has 2 unspecified atom stereocenters. The van der Waals surface area contributed by atoms with Gasteiger partial charge in [-0.1, -0.05) is 52.9 Å². The number of nitrogens with zero attached hydrogens (tertiary/aromatic N) is 4. The van der Waals surface area contributed by atoms with E-state index in [1.807, 2.05) is 6.92 Å². The molecule has 2 atom stereocenters. The molecule has 7 nitrogen and oxygen atoms in total. The van der Waals surface area contributed by atoms with Gasteiger partial charge in [0.25, 0.3) is 5.56 Å². The quantitative estimate of drug-likeness (QED) is 0.513. The largest absolute Gasteiger partial charge is 0.299 e. The van der Waals surface area contributed by atoms with Crippen LogP contribution in [0.25, 0.3) is 10.2 Å². The second-order valence-corrected chi connectivity index (χ2v) is 12.6. The zero-order valence-corrected chi connectivity index (χ0v) is 21.9. The van der Waals surface area contributed by atoms with E-state index >= 15 is 0 Å². The number of hydrogen-bond donors (Lipinski definition) is 1. The molecule has 178 valence electrons. The van der Waals surface area contributed by atoms with Crippen molar-refractivity contribution in [3.8, 4) is 0 Å². The highest BCUT2D eigenvalue weighted by molar-refractivity contribution is 7.18. The summed E-state index contributed by atoms with van der Waals surface area (Å²) in [5.74, 6) is 0.809. The molecule has 3 aromatic heterocycles. The Labute approximate surface area is 202 Å². The first kappa shape index (κ1) is 24.0. The average Bonchev–Trinajstić information content (AvgIpc) is 3.32. The van der Waals surface area contributed by atoms with Gasteiger partial charge in [0.05, 0.1) is 11.7 Å². The predicted molar refractivity (Wildman–Crippen MR) is 135 cm³/mol. The van der Waals surface area contributed by atoms with Crippen molar-refractivity contribution in [3.63, 3.8) is 0 Å². The lowest BCUT2D eigenvalue weighted by Crippen LogP contribution is -2.33. The van der Waals surface area contributed by atoms with Crippen molar-refractivity contribution in [3.05, 3.63) is 32.1 Å². The maximum atomic E-state index is 13.5. The Hall–Kier alpha value is -2.13. The van der Waals surface area contributed by atoms with Crippen LogP contribution >= 0.6 is 22.7 Å². The van der Waals surface area contributed by atoms with Crippen LogP contribution in [0, 0.1) is 17.3 Å². The summed E-state index contributed by atoms with van der Waals surface area (Å²) in [5.41, 5.74) is 1.26. The summed E-state index contributed by atoms with van der Waals surface area (Å²) in [6.07, 6.45) is 5.80. The van der Waals surface area contributed by atoms with Crippen molar-refractivity contribution < 1.29 is 4.79 Å². The number of carbonyl (C=O) groups excluding carboxylic acids is 1. The van der Waals surface area contributed by atoms with Crippen LogP contribution in [0.4, 0.5) is 5.13 Å². The van der Waals surface area contributed by atoms with Crippen molar-refractivity contribution >= 4 is 43.9 Å². The molecular weight excluding hydrogens is 454 g/mol. The van der Waals surface area contributed by atoms with E-state index in [4.69, 9.17) is 0 Å². The van der Waals surface area contributed by atoms with Crippen LogP contribution in [-0.2, 0) is 24.1 Å². The number of fused-ring (bicyclic) bond motifs is 3. The molecule has 1 N–H and O–H groups in total. The average molecular weight is 488 g/mol. The summed E-state index contributed by atoms with van der Waals surface area (Å²) in [7, 11) is 0. The van der Waals surface area contributed by atoms with Gasteiger partial charge in [0, 0.05) is 11.3 Å². The van der Waals surface area contributed by atoms with Crippen LogP contribution in [0.1, 0.15) is 75.9 Å². The van der Waals surface area contributed by atoms with E-state index in [1.165, 1.54) is 27.1 Å². The zero-order valence-electron chi connectivity index (χ0n) is 20.3. The number of amides is 1. The molecule has 0 spiro atoms. The first-order valence-corrected chi connectivity index (χ1v) is 13.4. The zero-order chi connectivity index (χ0) is 23.9. The van der Waals surface area contributed by atoms with Crippen molar-refractivity contribution in [1.82, 2.24) is 19.7 Å². The van der Waals surface area contributed by atoms with Crippen molar-refractivity contribution in [2.75, 3.05) is 5.32 Å². The number of rotatable bonds is 6. The number of hydrogen-bond acceptors (Lipinski definition) is 7. The summed E-state index contributed by atoms with van der Waals surface area (Å²) in [6, 6.07) is -0.645. The molecule has 0 aromatic carbocycles. The maximum absolute atomic E-state index is 13.5. The monoisotopic (exact) mass is 487 g/mol. The third-order valence-corrected chi connectivity index (χ3v) is 8.55. The number of carbonyl (C=O) groups is 1. The molecule has 0 aliphatic heterocycles. The summed E-state index contributed by atoms with van der Waals surface area (Å²) < 4.78 is 1.50. The Morgan fingerprint density at radius 2 is 2.03 bits per heavy atom. The lowest BCUT2D eigenvalue weighted by molar-refractivity contribution is -0.119. The molecule has 3 aromatic rings. The predicted octanol–water partition coefficient (Wildman–Crippen LogP) is 5.25. The molecule has 1 amide bonds. The highest BCUT2D eigenvalue weighted by Gasteiger charge is 2.32. The van der Waals surface area contributed by atoms with Crippen molar-refractivity contribution in [2.24, 2.45) is 17.3 Å². The van der Waals surface area contributed by atoms with Gasteiger partial charge < -0.3 is 0 Å². The number of nitrogens with one attached hydrogen (secondary N) is 1. The molecule has 3 heterocycles. The summed E-state index contributed by atoms with van der Waals surface area (Å²) >= 11 is 3.02. The third kappa shape index (κ3) is 4.89. The Morgan fingerprint density at radius 3 is 2.70 bits per heavy atom. The van der Waals surface area contributed by atoms with Gasteiger partial charge >= 0.3 is 0 Å². The second kappa shape index (κ2) is 9.25. The van der Waals surface area contributed by atoms with Gasteiger partial charge in [0.2, 0.25) is 11.0 Å². The summed E-state index contributed by atoms with van der Waals surface area (Å²) in [6.45, 7) is 13.0. The minimum atomic E-state index is -0.645. The van der Waals surface area contributed by atoms with E-state index < -0.39 is 6.04 Å². The number of aryl methyl sites for hydroxylation is 1. The van der Waals surface area contributed by atoms with E-state index in [1.54, 1.807) is 11.3 Å².